The number of hydrogen-bond donors (Lipinski definition) is 2. The Bertz CT molecular complexity index is 580. The lowest BCUT2D eigenvalue weighted by molar-refractivity contribution is 0.712. The van der Waals surface area contributed by atoms with Gasteiger partial charge in [0.25, 0.3) is 0 Å². The molecule has 106 valence electrons. The van der Waals surface area contributed by atoms with Crippen molar-refractivity contribution in [2.24, 2.45) is 4.99 Å². The van der Waals surface area contributed by atoms with E-state index in [2.05, 4.69) is 32.5 Å². The second-order valence-corrected chi connectivity index (χ2v) is 4.54. The fourth-order valence-electron chi connectivity index (χ4n) is 2.02. The molecular weight excluding hydrogens is 367 g/mol. The molecule has 0 aliphatic carbocycles. The van der Waals surface area contributed by atoms with Crippen LogP contribution in [0.2, 0.25) is 0 Å². The summed E-state index contributed by atoms with van der Waals surface area (Å²) >= 11 is 0. The lowest BCUT2D eigenvalue weighted by Gasteiger charge is -2.11. The Hall–Kier alpha value is -1.64. The van der Waals surface area contributed by atoms with E-state index in [1.54, 1.807) is 18.7 Å². The van der Waals surface area contributed by atoms with E-state index in [1.807, 2.05) is 22.9 Å². The van der Waals surface area contributed by atoms with Gasteiger partial charge in [0.2, 0.25) is 0 Å². The summed E-state index contributed by atoms with van der Waals surface area (Å²) in [7, 11) is 0. The molecule has 0 fully saturated rings. The molecule has 0 aromatic carbocycles. The minimum Gasteiger partial charge on any atom is -0.352 e. The molecule has 6 nitrogen and oxygen atoms in total. The minimum absolute atomic E-state index is 0. The van der Waals surface area contributed by atoms with E-state index in [1.165, 1.54) is 0 Å². The third-order valence-corrected chi connectivity index (χ3v) is 2.97. The van der Waals surface area contributed by atoms with Crippen molar-refractivity contribution in [3.8, 4) is 5.82 Å². The molecule has 0 amide bonds. The van der Waals surface area contributed by atoms with E-state index in [0.717, 1.165) is 23.9 Å². The SMILES string of the molecule is CC1CN=C(NCc2cccnc2-n2ccnc2)N1.I. The molecule has 20 heavy (non-hydrogen) atoms. The Balaban J connectivity index is 0.00000147. The van der Waals surface area contributed by atoms with Crippen molar-refractivity contribution in [2.75, 3.05) is 6.54 Å². The van der Waals surface area contributed by atoms with Crippen LogP contribution in [0.15, 0.2) is 42.0 Å². The van der Waals surface area contributed by atoms with Crippen molar-refractivity contribution in [3.63, 3.8) is 0 Å². The topological polar surface area (TPSA) is 67.1 Å². The first-order chi connectivity index (χ1) is 9.33. The molecule has 3 rings (SSSR count). The fourth-order valence-corrected chi connectivity index (χ4v) is 2.02. The Morgan fingerprint density at radius 1 is 1.45 bits per heavy atom. The number of pyridine rings is 1. The quantitative estimate of drug-likeness (QED) is 0.784. The monoisotopic (exact) mass is 384 g/mol. The lowest BCUT2D eigenvalue weighted by atomic mass is 10.2. The standard InChI is InChI=1S/C13H16N6.HI/c1-10-7-16-13(18-10)17-8-11-3-2-4-15-12(11)19-6-5-14-9-19;/h2-6,9-10H,7-8H2,1H3,(H2,16,17,18);1H. The summed E-state index contributed by atoms with van der Waals surface area (Å²) in [5.74, 6) is 1.74. The maximum absolute atomic E-state index is 4.40. The summed E-state index contributed by atoms with van der Waals surface area (Å²) in [6.07, 6.45) is 7.17. The summed E-state index contributed by atoms with van der Waals surface area (Å²) in [5.41, 5.74) is 1.10. The van der Waals surface area contributed by atoms with E-state index in [9.17, 15) is 0 Å². The molecule has 1 unspecified atom stereocenters. The third kappa shape index (κ3) is 3.27. The van der Waals surface area contributed by atoms with Crippen molar-refractivity contribution >= 4 is 29.9 Å². The van der Waals surface area contributed by atoms with Crippen molar-refractivity contribution in [1.29, 1.82) is 0 Å². The van der Waals surface area contributed by atoms with Crippen LogP contribution in [0.25, 0.3) is 5.82 Å². The van der Waals surface area contributed by atoms with E-state index in [0.29, 0.717) is 12.6 Å². The number of aromatic nitrogens is 3. The highest BCUT2D eigenvalue weighted by Gasteiger charge is 2.12. The van der Waals surface area contributed by atoms with Crippen LogP contribution in [0.1, 0.15) is 12.5 Å². The molecule has 7 heteroatoms. The van der Waals surface area contributed by atoms with Gasteiger partial charge in [-0.2, -0.15) is 0 Å². The number of hydrogen-bond acceptors (Lipinski definition) is 5. The van der Waals surface area contributed by atoms with Crippen molar-refractivity contribution in [2.45, 2.75) is 19.5 Å². The number of rotatable bonds is 3. The first-order valence-corrected chi connectivity index (χ1v) is 6.30. The highest BCUT2D eigenvalue weighted by molar-refractivity contribution is 14.0. The molecule has 1 aliphatic rings. The highest BCUT2D eigenvalue weighted by Crippen LogP contribution is 2.10. The van der Waals surface area contributed by atoms with Crippen LogP contribution >= 0.6 is 24.0 Å². The van der Waals surface area contributed by atoms with Crippen LogP contribution in [0.3, 0.4) is 0 Å². The smallest absolute Gasteiger partial charge is 0.191 e. The zero-order chi connectivity index (χ0) is 13.1. The third-order valence-electron chi connectivity index (χ3n) is 2.97. The van der Waals surface area contributed by atoms with Gasteiger partial charge in [-0.05, 0) is 13.0 Å². The summed E-state index contributed by atoms with van der Waals surface area (Å²) < 4.78 is 1.91. The highest BCUT2D eigenvalue weighted by atomic mass is 127. The minimum atomic E-state index is 0. The van der Waals surface area contributed by atoms with Crippen LogP contribution < -0.4 is 10.6 Å². The van der Waals surface area contributed by atoms with Crippen molar-refractivity contribution < 1.29 is 0 Å². The van der Waals surface area contributed by atoms with Gasteiger partial charge in [0.15, 0.2) is 5.96 Å². The van der Waals surface area contributed by atoms with Crippen LogP contribution in [-0.4, -0.2) is 33.1 Å². The largest absolute Gasteiger partial charge is 0.352 e. The number of imidazole rings is 1. The predicted molar refractivity (Wildman–Crippen MR) is 88.5 cm³/mol. The summed E-state index contributed by atoms with van der Waals surface area (Å²) in [6.45, 7) is 3.61. The maximum Gasteiger partial charge on any atom is 0.191 e. The van der Waals surface area contributed by atoms with E-state index in [-0.39, 0.29) is 24.0 Å². The molecule has 0 spiro atoms. The lowest BCUT2D eigenvalue weighted by Crippen LogP contribution is -2.37. The zero-order valence-corrected chi connectivity index (χ0v) is 13.5. The van der Waals surface area contributed by atoms with Crippen LogP contribution in [0.4, 0.5) is 0 Å². The Morgan fingerprint density at radius 2 is 2.35 bits per heavy atom. The van der Waals surface area contributed by atoms with Gasteiger partial charge in [-0.1, -0.05) is 6.07 Å². The normalized spacial score (nSPS) is 17.1. The van der Waals surface area contributed by atoms with Gasteiger partial charge in [0, 0.05) is 36.7 Å². The Labute approximate surface area is 134 Å². The fraction of sp³-hybridized carbons (Fsp3) is 0.308. The second-order valence-electron chi connectivity index (χ2n) is 4.54. The molecular formula is C13H17IN6. The van der Waals surface area contributed by atoms with E-state index in [4.69, 9.17) is 0 Å². The first-order valence-electron chi connectivity index (χ1n) is 6.30. The Kier molecular flexibility index (Phi) is 4.94. The average molecular weight is 384 g/mol. The molecule has 2 aromatic heterocycles. The molecule has 1 atom stereocenters. The van der Waals surface area contributed by atoms with Gasteiger partial charge in [-0.3, -0.25) is 9.56 Å². The summed E-state index contributed by atoms with van der Waals surface area (Å²) in [5, 5.41) is 6.57. The molecule has 2 N–H and O–H groups in total. The van der Waals surface area contributed by atoms with Gasteiger partial charge < -0.3 is 10.6 Å². The summed E-state index contributed by atoms with van der Waals surface area (Å²) in [6, 6.07) is 4.39. The maximum atomic E-state index is 4.40. The van der Waals surface area contributed by atoms with Crippen LogP contribution in [0, 0.1) is 0 Å². The zero-order valence-electron chi connectivity index (χ0n) is 11.2. The predicted octanol–water partition coefficient (Wildman–Crippen LogP) is 1.32. The number of halogens is 1. The van der Waals surface area contributed by atoms with Crippen LogP contribution in [-0.2, 0) is 6.54 Å². The molecule has 0 saturated heterocycles. The molecule has 1 aliphatic heterocycles. The molecule has 0 saturated carbocycles. The van der Waals surface area contributed by atoms with Gasteiger partial charge in [-0.25, -0.2) is 9.97 Å². The molecule has 2 aromatic rings. The number of nitrogens with zero attached hydrogens (tertiary/aromatic N) is 4. The van der Waals surface area contributed by atoms with Gasteiger partial charge >= 0.3 is 0 Å². The molecule has 3 heterocycles. The number of aliphatic imine (C=N–C) groups is 1. The average Bonchev–Trinajstić information content (AvgIpc) is 3.08. The van der Waals surface area contributed by atoms with Crippen molar-refractivity contribution in [3.05, 3.63) is 42.6 Å². The molecule has 0 bridgehead atoms. The molecule has 0 radical (unpaired) electrons. The summed E-state index contributed by atoms with van der Waals surface area (Å²) in [4.78, 5) is 12.8. The van der Waals surface area contributed by atoms with Gasteiger partial charge in [0.05, 0.1) is 6.54 Å². The van der Waals surface area contributed by atoms with Crippen molar-refractivity contribution in [1.82, 2.24) is 25.2 Å². The van der Waals surface area contributed by atoms with E-state index >= 15 is 0 Å². The second kappa shape index (κ2) is 6.69. The van der Waals surface area contributed by atoms with Gasteiger partial charge in [-0.15, -0.1) is 24.0 Å². The number of nitrogens with one attached hydrogen (secondary N) is 2. The van der Waals surface area contributed by atoms with Gasteiger partial charge in [0.1, 0.15) is 12.1 Å². The first kappa shape index (κ1) is 14.8. The Morgan fingerprint density at radius 3 is 3.05 bits per heavy atom. The van der Waals surface area contributed by atoms with E-state index < -0.39 is 0 Å². The number of guanidine groups is 1. The van der Waals surface area contributed by atoms with Crippen LogP contribution in [0.5, 0.6) is 0 Å².